The summed E-state index contributed by atoms with van der Waals surface area (Å²) in [5.74, 6) is 0.256. The van der Waals surface area contributed by atoms with Gasteiger partial charge in [0.25, 0.3) is 0 Å². The van der Waals surface area contributed by atoms with Gasteiger partial charge < -0.3 is 5.32 Å². The molecular formula is C16H27NO2S. The molecule has 0 unspecified atom stereocenters. The van der Waals surface area contributed by atoms with Crippen LogP contribution in [0.4, 0.5) is 5.69 Å². The normalized spacial score (nSPS) is 11.8. The molecule has 0 heterocycles. The Bertz CT molecular complexity index is 478. The van der Waals surface area contributed by atoms with Crippen molar-refractivity contribution in [1.29, 1.82) is 0 Å². The number of sulfone groups is 1. The van der Waals surface area contributed by atoms with E-state index in [4.69, 9.17) is 0 Å². The van der Waals surface area contributed by atoms with Gasteiger partial charge in [-0.05, 0) is 50.8 Å². The lowest BCUT2D eigenvalue weighted by atomic mass is 10.1. The van der Waals surface area contributed by atoms with E-state index in [0.717, 1.165) is 12.1 Å². The van der Waals surface area contributed by atoms with Crippen molar-refractivity contribution in [2.24, 2.45) is 0 Å². The first kappa shape index (κ1) is 17.0. The van der Waals surface area contributed by atoms with Crippen LogP contribution in [0, 0.1) is 0 Å². The molecule has 3 nitrogen and oxygen atoms in total. The summed E-state index contributed by atoms with van der Waals surface area (Å²) < 4.78 is 23.3. The topological polar surface area (TPSA) is 46.2 Å². The Morgan fingerprint density at radius 3 is 2.30 bits per heavy atom. The average molecular weight is 297 g/mol. The Labute approximate surface area is 123 Å². The van der Waals surface area contributed by atoms with E-state index in [2.05, 4.69) is 36.5 Å². The standard InChI is InChI=1S/C16H27NO2S/c1-4-5-7-15-8-10-16(11-9-15)17-12-6-13-20(18,19)14(2)3/h8-11,14,17H,4-7,12-13H2,1-3H3. The maximum absolute atomic E-state index is 11.7. The molecule has 0 aliphatic carbocycles. The molecule has 0 aliphatic heterocycles. The van der Waals surface area contributed by atoms with Crippen LogP contribution in [0.3, 0.4) is 0 Å². The highest BCUT2D eigenvalue weighted by Crippen LogP contribution is 2.12. The molecular weight excluding hydrogens is 270 g/mol. The minimum Gasteiger partial charge on any atom is -0.385 e. The van der Waals surface area contributed by atoms with Gasteiger partial charge in [0, 0.05) is 12.2 Å². The largest absolute Gasteiger partial charge is 0.385 e. The Morgan fingerprint density at radius 1 is 1.10 bits per heavy atom. The summed E-state index contributed by atoms with van der Waals surface area (Å²) in [6.45, 7) is 6.36. The maximum Gasteiger partial charge on any atom is 0.152 e. The number of hydrogen-bond acceptors (Lipinski definition) is 3. The lowest BCUT2D eigenvalue weighted by molar-refractivity contribution is 0.585. The van der Waals surface area contributed by atoms with Crippen LogP contribution in [0.25, 0.3) is 0 Å². The van der Waals surface area contributed by atoms with Crippen molar-refractivity contribution < 1.29 is 8.42 Å². The van der Waals surface area contributed by atoms with E-state index in [1.807, 2.05) is 0 Å². The lowest BCUT2D eigenvalue weighted by Gasteiger charge is -2.09. The molecule has 0 aromatic heterocycles. The minimum absolute atomic E-state index is 0.256. The second-order valence-corrected chi connectivity index (χ2v) is 8.17. The average Bonchev–Trinajstić information content (AvgIpc) is 2.42. The van der Waals surface area contributed by atoms with Crippen molar-refractivity contribution in [3.63, 3.8) is 0 Å². The zero-order chi connectivity index (χ0) is 15.0. The fraction of sp³-hybridized carbons (Fsp3) is 0.625. The smallest absolute Gasteiger partial charge is 0.152 e. The number of nitrogens with one attached hydrogen (secondary N) is 1. The van der Waals surface area contributed by atoms with Crippen LogP contribution in [0.5, 0.6) is 0 Å². The van der Waals surface area contributed by atoms with Crippen LogP contribution < -0.4 is 5.32 Å². The molecule has 0 saturated carbocycles. The Morgan fingerprint density at radius 2 is 1.75 bits per heavy atom. The molecule has 0 fully saturated rings. The number of unbranched alkanes of at least 4 members (excludes halogenated alkanes) is 1. The molecule has 1 aromatic carbocycles. The second-order valence-electron chi connectivity index (χ2n) is 5.50. The number of rotatable bonds is 9. The van der Waals surface area contributed by atoms with Crippen LogP contribution in [0.1, 0.15) is 45.6 Å². The van der Waals surface area contributed by atoms with Gasteiger partial charge in [0.2, 0.25) is 0 Å². The molecule has 0 atom stereocenters. The monoisotopic (exact) mass is 297 g/mol. The predicted molar refractivity (Wildman–Crippen MR) is 87.1 cm³/mol. The highest BCUT2D eigenvalue weighted by molar-refractivity contribution is 7.91. The predicted octanol–water partition coefficient (Wildman–Crippen LogP) is 3.65. The van der Waals surface area contributed by atoms with Gasteiger partial charge in [-0.15, -0.1) is 0 Å². The SMILES string of the molecule is CCCCc1ccc(NCCCS(=O)(=O)C(C)C)cc1. The Kier molecular flexibility index (Phi) is 7.06. The van der Waals surface area contributed by atoms with Gasteiger partial charge in [-0.25, -0.2) is 8.42 Å². The van der Waals surface area contributed by atoms with Crippen molar-refractivity contribution in [3.05, 3.63) is 29.8 Å². The highest BCUT2D eigenvalue weighted by atomic mass is 32.2. The summed E-state index contributed by atoms with van der Waals surface area (Å²) in [6.07, 6.45) is 4.21. The number of anilines is 1. The molecule has 4 heteroatoms. The molecule has 0 amide bonds. The van der Waals surface area contributed by atoms with Gasteiger partial charge in [-0.2, -0.15) is 0 Å². The molecule has 1 rings (SSSR count). The number of benzene rings is 1. The Balaban J connectivity index is 2.32. The molecule has 0 aliphatic rings. The van der Waals surface area contributed by atoms with E-state index < -0.39 is 9.84 Å². The van der Waals surface area contributed by atoms with Crippen LogP contribution in [0.15, 0.2) is 24.3 Å². The lowest BCUT2D eigenvalue weighted by Crippen LogP contribution is -2.19. The maximum atomic E-state index is 11.7. The third-order valence-electron chi connectivity index (χ3n) is 3.43. The van der Waals surface area contributed by atoms with Crippen molar-refractivity contribution in [1.82, 2.24) is 0 Å². The van der Waals surface area contributed by atoms with Gasteiger partial charge in [0.1, 0.15) is 0 Å². The van der Waals surface area contributed by atoms with E-state index in [9.17, 15) is 8.42 Å². The van der Waals surface area contributed by atoms with E-state index in [0.29, 0.717) is 13.0 Å². The summed E-state index contributed by atoms with van der Waals surface area (Å²) in [7, 11) is -2.91. The number of aryl methyl sites for hydroxylation is 1. The zero-order valence-electron chi connectivity index (χ0n) is 12.9. The zero-order valence-corrected chi connectivity index (χ0v) is 13.7. The van der Waals surface area contributed by atoms with Crippen LogP contribution in [-0.2, 0) is 16.3 Å². The molecule has 0 radical (unpaired) electrons. The highest BCUT2D eigenvalue weighted by Gasteiger charge is 2.14. The summed E-state index contributed by atoms with van der Waals surface area (Å²) >= 11 is 0. The minimum atomic E-state index is -2.91. The van der Waals surface area contributed by atoms with Gasteiger partial charge in [-0.1, -0.05) is 25.5 Å². The van der Waals surface area contributed by atoms with Gasteiger partial charge >= 0.3 is 0 Å². The molecule has 0 saturated heterocycles. The first-order chi connectivity index (χ1) is 9.45. The van der Waals surface area contributed by atoms with Crippen LogP contribution in [-0.4, -0.2) is 26.0 Å². The first-order valence-electron chi connectivity index (χ1n) is 7.50. The van der Waals surface area contributed by atoms with Gasteiger partial charge in [0.05, 0.1) is 11.0 Å². The molecule has 1 N–H and O–H groups in total. The molecule has 0 spiro atoms. The van der Waals surface area contributed by atoms with Crippen molar-refractivity contribution in [3.8, 4) is 0 Å². The van der Waals surface area contributed by atoms with Crippen molar-refractivity contribution in [2.45, 2.75) is 51.7 Å². The third kappa shape index (κ3) is 5.95. The second kappa shape index (κ2) is 8.30. The third-order valence-corrected chi connectivity index (χ3v) is 5.72. The summed E-state index contributed by atoms with van der Waals surface area (Å²) in [6, 6.07) is 8.43. The molecule has 1 aromatic rings. The fourth-order valence-electron chi connectivity index (χ4n) is 1.91. The Hall–Kier alpha value is -1.03. The van der Waals surface area contributed by atoms with Gasteiger partial charge in [0.15, 0.2) is 9.84 Å². The van der Waals surface area contributed by atoms with Crippen molar-refractivity contribution >= 4 is 15.5 Å². The molecule has 0 bridgehead atoms. The molecule has 20 heavy (non-hydrogen) atoms. The van der Waals surface area contributed by atoms with E-state index in [1.54, 1.807) is 13.8 Å². The van der Waals surface area contributed by atoms with Crippen LogP contribution in [0.2, 0.25) is 0 Å². The van der Waals surface area contributed by atoms with E-state index in [-0.39, 0.29) is 11.0 Å². The van der Waals surface area contributed by atoms with Crippen LogP contribution >= 0.6 is 0 Å². The van der Waals surface area contributed by atoms with E-state index in [1.165, 1.54) is 18.4 Å². The summed E-state index contributed by atoms with van der Waals surface area (Å²) in [5, 5.41) is 3.00. The number of hydrogen-bond donors (Lipinski definition) is 1. The van der Waals surface area contributed by atoms with E-state index >= 15 is 0 Å². The molecule has 114 valence electrons. The quantitative estimate of drug-likeness (QED) is 0.708. The summed E-state index contributed by atoms with van der Waals surface area (Å²) in [5.41, 5.74) is 2.42. The summed E-state index contributed by atoms with van der Waals surface area (Å²) in [4.78, 5) is 0. The fourth-order valence-corrected chi connectivity index (χ4v) is 2.93. The van der Waals surface area contributed by atoms with Crippen molar-refractivity contribution in [2.75, 3.05) is 17.6 Å². The first-order valence-corrected chi connectivity index (χ1v) is 9.21. The van der Waals surface area contributed by atoms with Gasteiger partial charge in [-0.3, -0.25) is 0 Å².